The van der Waals surface area contributed by atoms with E-state index in [4.69, 9.17) is 28.7 Å². The minimum absolute atomic E-state index is 0.00973. The van der Waals surface area contributed by atoms with Gasteiger partial charge in [-0.3, -0.25) is 29.2 Å². The second kappa shape index (κ2) is 20.5. The van der Waals surface area contributed by atoms with E-state index in [1.54, 1.807) is 6.20 Å². The molecule has 0 aliphatic carbocycles. The average molecular weight is 721 g/mol. The van der Waals surface area contributed by atoms with E-state index in [9.17, 15) is 29.1 Å². The molecule has 18 heteroatoms. The number of aromatic nitrogens is 1. The van der Waals surface area contributed by atoms with Gasteiger partial charge >= 0.3 is 5.97 Å². The van der Waals surface area contributed by atoms with Gasteiger partial charge in [0.2, 0.25) is 23.6 Å². The van der Waals surface area contributed by atoms with Gasteiger partial charge in [0.15, 0.2) is 11.9 Å². The van der Waals surface area contributed by atoms with E-state index in [1.165, 1.54) is 0 Å². The summed E-state index contributed by atoms with van der Waals surface area (Å²) in [6.45, 7) is -0.178. The summed E-state index contributed by atoms with van der Waals surface area (Å²) in [5.74, 6) is -4.33. The molecule has 0 aliphatic heterocycles. The third-order valence-electron chi connectivity index (χ3n) is 7.95. The molecule has 280 valence electrons. The summed E-state index contributed by atoms with van der Waals surface area (Å²) in [6, 6.07) is 11.8. The Balaban J connectivity index is 1.76. The molecular formula is C34H48N12O6. The van der Waals surface area contributed by atoms with Crippen molar-refractivity contribution in [3.8, 4) is 0 Å². The Morgan fingerprint density at radius 2 is 1.29 bits per heavy atom. The number of amides is 4. The predicted octanol–water partition coefficient (Wildman–Crippen LogP) is -1.96. The maximum atomic E-state index is 13.8. The Morgan fingerprint density at radius 3 is 1.92 bits per heavy atom. The number of aliphatic imine (C=N–C) groups is 2. The molecule has 0 radical (unpaired) electrons. The third kappa shape index (κ3) is 13.6. The van der Waals surface area contributed by atoms with Gasteiger partial charge in [-0.2, -0.15) is 0 Å². The van der Waals surface area contributed by atoms with Crippen LogP contribution in [0.1, 0.15) is 36.8 Å². The third-order valence-corrected chi connectivity index (χ3v) is 7.95. The Morgan fingerprint density at radius 1 is 0.712 bits per heavy atom. The summed E-state index contributed by atoms with van der Waals surface area (Å²) in [5.41, 5.74) is 29.9. The lowest BCUT2D eigenvalue weighted by atomic mass is 10.0. The summed E-state index contributed by atoms with van der Waals surface area (Å²) >= 11 is 0. The highest BCUT2D eigenvalue weighted by atomic mass is 16.4. The van der Waals surface area contributed by atoms with Crippen LogP contribution < -0.4 is 49.9 Å². The largest absolute Gasteiger partial charge is 0.480 e. The van der Waals surface area contributed by atoms with Gasteiger partial charge in [-0.15, -0.1) is 0 Å². The first-order valence-corrected chi connectivity index (χ1v) is 16.7. The number of fused-ring (bicyclic) bond motifs is 1. The van der Waals surface area contributed by atoms with Crippen LogP contribution in [-0.2, 0) is 36.8 Å². The topological polar surface area (TPSA) is 324 Å². The van der Waals surface area contributed by atoms with E-state index in [0.717, 1.165) is 16.5 Å². The second-order valence-corrected chi connectivity index (χ2v) is 12.1. The number of carboxylic acids is 1. The van der Waals surface area contributed by atoms with Crippen molar-refractivity contribution >= 4 is 52.4 Å². The van der Waals surface area contributed by atoms with Crippen LogP contribution in [0.3, 0.4) is 0 Å². The molecule has 2 aromatic carbocycles. The summed E-state index contributed by atoms with van der Waals surface area (Å²) in [4.78, 5) is 76.1. The number of para-hydroxylation sites is 1. The molecule has 52 heavy (non-hydrogen) atoms. The first-order chi connectivity index (χ1) is 24.8. The van der Waals surface area contributed by atoms with Crippen LogP contribution in [-0.4, -0.2) is 95.4 Å². The number of guanidine groups is 2. The highest BCUT2D eigenvalue weighted by molar-refractivity contribution is 5.95. The number of nitrogens with zero attached hydrogens (tertiary/aromatic N) is 2. The lowest BCUT2D eigenvalue weighted by Crippen LogP contribution is -2.57. The van der Waals surface area contributed by atoms with Crippen LogP contribution in [0.25, 0.3) is 10.9 Å². The normalized spacial score (nSPS) is 13.1. The Labute approximate surface area is 300 Å². The van der Waals surface area contributed by atoms with E-state index in [1.807, 2.05) is 54.6 Å². The molecule has 0 fully saturated rings. The molecule has 18 nitrogen and oxygen atoms in total. The molecule has 4 atom stereocenters. The van der Waals surface area contributed by atoms with E-state index < -0.39 is 60.3 Å². The minimum Gasteiger partial charge on any atom is -0.480 e. The maximum Gasteiger partial charge on any atom is 0.326 e. The molecule has 0 spiro atoms. The summed E-state index contributed by atoms with van der Waals surface area (Å²) < 4.78 is 0. The van der Waals surface area contributed by atoms with Gasteiger partial charge in [0.25, 0.3) is 0 Å². The van der Waals surface area contributed by atoms with Crippen LogP contribution in [0.2, 0.25) is 0 Å². The number of carbonyl (C=O) groups is 5. The van der Waals surface area contributed by atoms with Crippen LogP contribution in [0, 0.1) is 0 Å². The molecule has 3 rings (SSSR count). The quantitative estimate of drug-likeness (QED) is 0.0326. The van der Waals surface area contributed by atoms with E-state index in [2.05, 4.69) is 36.2 Å². The van der Waals surface area contributed by atoms with Crippen molar-refractivity contribution in [3.05, 3.63) is 71.9 Å². The smallest absolute Gasteiger partial charge is 0.326 e. The number of nitrogens with two attached hydrogens (primary N) is 5. The number of hydrogen-bond acceptors (Lipinski definition) is 8. The fraction of sp³-hybridized carbons (Fsp3) is 0.382. The van der Waals surface area contributed by atoms with Gasteiger partial charge in [0.1, 0.15) is 18.1 Å². The SMILES string of the molecule is NC(N)=NCCC[C@H](NC(=O)[C@H](Cc1c[nH]c2ccccc12)NC(=O)[C@H](CCCN=C(N)N)NC(=O)CNC(=O)[C@@H](N)Cc1ccccc1)C(=O)O. The fourth-order valence-electron chi connectivity index (χ4n) is 5.31. The molecule has 0 bridgehead atoms. The van der Waals surface area contributed by atoms with Crippen LogP contribution in [0.4, 0.5) is 0 Å². The van der Waals surface area contributed by atoms with Gasteiger partial charge in [-0.25, -0.2) is 4.79 Å². The van der Waals surface area contributed by atoms with Crippen molar-refractivity contribution in [3.63, 3.8) is 0 Å². The molecule has 4 amide bonds. The first-order valence-electron chi connectivity index (χ1n) is 16.7. The van der Waals surface area contributed by atoms with Gasteiger partial charge in [0, 0.05) is 36.6 Å². The van der Waals surface area contributed by atoms with Crippen molar-refractivity contribution < 1.29 is 29.1 Å². The monoisotopic (exact) mass is 720 g/mol. The number of carboxylic acid groups (broad SMARTS) is 1. The van der Waals surface area contributed by atoms with Crippen molar-refractivity contribution in [2.75, 3.05) is 19.6 Å². The van der Waals surface area contributed by atoms with Crippen LogP contribution >= 0.6 is 0 Å². The van der Waals surface area contributed by atoms with Gasteiger partial charge in [-0.1, -0.05) is 48.5 Å². The fourth-order valence-corrected chi connectivity index (χ4v) is 5.31. The molecule has 0 unspecified atom stereocenters. The number of H-pyrrole nitrogens is 1. The highest BCUT2D eigenvalue weighted by Crippen LogP contribution is 2.19. The van der Waals surface area contributed by atoms with Crippen molar-refractivity contribution in [2.45, 2.75) is 62.7 Å². The minimum atomic E-state index is -1.31. The molecular weight excluding hydrogens is 672 g/mol. The lowest BCUT2D eigenvalue weighted by Gasteiger charge is -2.25. The number of carbonyl (C=O) groups excluding carboxylic acids is 4. The zero-order valence-electron chi connectivity index (χ0n) is 28.7. The molecule has 0 aliphatic rings. The van der Waals surface area contributed by atoms with Crippen molar-refractivity contribution in [1.82, 2.24) is 26.3 Å². The molecule has 16 N–H and O–H groups in total. The Bertz CT molecular complexity index is 1720. The van der Waals surface area contributed by atoms with Crippen LogP contribution in [0.5, 0.6) is 0 Å². The van der Waals surface area contributed by atoms with Gasteiger partial charge < -0.3 is 60.0 Å². The predicted molar refractivity (Wildman–Crippen MR) is 196 cm³/mol. The number of rotatable bonds is 21. The van der Waals surface area contributed by atoms with E-state index in [-0.39, 0.29) is 63.5 Å². The maximum absolute atomic E-state index is 13.8. The molecule has 1 aromatic heterocycles. The molecule has 1 heterocycles. The number of aromatic amines is 1. The van der Waals surface area contributed by atoms with E-state index in [0.29, 0.717) is 5.56 Å². The number of nitrogens with one attached hydrogen (secondary N) is 5. The zero-order valence-corrected chi connectivity index (χ0v) is 28.7. The van der Waals surface area contributed by atoms with Crippen molar-refractivity contribution in [1.29, 1.82) is 0 Å². The Hall–Kier alpha value is -6.17. The standard InChI is InChI=1S/C34H48N12O6/c35-23(16-20-8-2-1-3-9-20)29(48)43-19-28(47)44-25(12-6-14-40-33(36)37)30(49)46-27(17-21-18-42-24-11-5-4-10-22(21)24)31(50)45-26(32(51)52)13-7-15-41-34(38)39/h1-5,8-11,18,23,25-27,42H,6-7,12-17,19,35H2,(H,43,48)(H,44,47)(H,45,50)(H,46,49)(H,51,52)(H4,36,37,40)(H4,38,39,41)/t23-,25-,26-,27-/m0/s1. The van der Waals surface area contributed by atoms with Gasteiger partial charge in [-0.05, 0) is 49.3 Å². The lowest BCUT2D eigenvalue weighted by molar-refractivity contribution is -0.142. The molecule has 0 saturated carbocycles. The number of hydrogen-bond donors (Lipinski definition) is 11. The summed E-state index contributed by atoms with van der Waals surface area (Å²) in [7, 11) is 0. The van der Waals surface area contributed by atoms with Crippen LogP contribution in [0.15, 0.2) is 70.8 Å². The second-order valence-electron chi connectivity index (χ2n) is 12.1. The molecule has 0 saturated heterocycles. The van der Waals surface area contributed by atoms with Gasteiger partial charge in [0.05, 0.1) is 12.6 Å². The average Bonchev–Trinajstić information content (AvgIpc) is 3.52. The van der Waals surface area contributed by atoms with Crippen molar-refractivity contribution in [2.24, 2.45) is 38.7 Å². The zero-order chi connectivity index (χ0) is 38.0. The molecule has 3 aromatic rings. The number of aliphatic carboxylic acids is 1. The highest BCUT2D eigenvalue weighted by Gasteiger charge is 2.30. The number of benzene rings is 2. The summed E-state index contributed by atoms with van der Waals surface area (Å²) in [6.07, 6.45) is 2.51. The first kappa shape index (κ1) is 40.3. The Kier molecular flexibility index (Phi) is 15.9. The van der Waals surface area contributed by atoms with E-state index >= 15 is 0 Å². The summed E-state index contributed by atoms with van der Waals surface area (Å²) in [5, 5.41) is 20.9.